The summed E-state index contributed by atoms with van der Waals surface area (Å²) in [5.41, 5.74) is -0.193. The second kappa shape index (κ2) is 2.72. The molecular weight excluding hydrogens is 178 g/mol. The first-order valence-electron chi connectivity index (χ1n) is 5.35. The van der Waals surface area contributed by atoms with Crippen molar-refractivity contribution in [2.24, 2.45) is 11.3 Å². The van der Waals surface area contributed by atoms with Crippen LogP contribution in [0, 0.1) is 11.3 Å². The minimum atomic E-state index is -0.465. The molecule has 0 bridgehead atoms. The summed E-state index contributed by atoms with van der Waals surface area (Å²) in [5, 5.41) is 9.64. The van der Waals surface area contributed by atoms with Crippen LogP contribution >= 0.6 is 0 Å². The van der Waals surface area contributed by atoms with Gasteiger partial charge in [0.05, 0.1) is 5.60 Å². The lowest BCUT2D eigenvalue weighted by atomic mass is 9.56. The van der Waals surface area contributed by atoms with Crippen molar-refractivity contribution in [2.45, 2.75) is 39.2 Å². The van der Waals surface area contributed by atoms with E-state index in [1.807, 2.05) is 25.7 Å². The van der Waals surface area contributed by atoms with E-state index >= 15 is 0 Å². The molecule has 1 N–H and O–H groups in total. The number of likely N-dealkylation sites (tertiary alicyclic amines) is 1. The monoisotopic (exact) mass is 197 g/mol. The van der Waals surface area contributed by atoms with E-state index in [1.54, 1.807) is 0 Å². The van der Waals surface area contributed by atoms with Crippen LogP contribution in [0.4, 0.5) is 0 Å². The first-order chi connectivity index (χ1) is 6.34. The predicted molar refractivity (Wildman–Crippen MR) is 53.7 cm³/mol. The third kappa shape index (κ3) is 1.44. The summed E-state index contributed by atoms with van der Waals surface area (Å²) in [6.07, 6.45) is 1.73. The maximum Gasteiger partial charge on any atom is 0.225 e. The Balaban J connectivity index is 1.84. The number of rotatable bonds is 1. The van der Waals surface area contributed by atoms with E-state index in [0.29, 0.717) is 0 Å². The number of carbonyl (C=O) groups excluding carboxylic acids is 1. The van der Waals surface area contributed by atoms with Gasteiger partial charge in [-0.3, -0.25) is 4.79 Å². The third-order valence-corrected chi connectivity index (χ3v) is 3.37. The van der Waals surface area contributed by atoms with Crippen LogP contribution in [0.3, 0.4) is 0 Å². The van der Waals surface area contributed by atoms with Gasteiger partial charge in [0, 0.05) is 24.4 Å². The minimum Gasteiger partial charge on any atom is -0.390 e. The van der Waals surface area contributed by atoms with Gasteiger partial charge in [-0.1, -0.05) is 13.8 Å². The molecule has 3 nitrogen and oxygen atoms in total. The van der Waals surface area contributed by atoms with E-state index in [4.69, 9.17) is 0 Å². The zero-order valence-corrected chi connectivity index (χ0v) is 9.21. The fraction of sp³-hybridized carbons (Fsp3) is 0.909. The molecule has 0 aromatic heterocycles. The molecule has 2 fully saturated rings. The van der Waals surface area contributed by atoms with Crippen LogP contribution in [0.25, 0.3) is 0 Å². The van der Waals surface area contributed by atoms with Crippen LogP contribution in [0.1, 0.15) is 33.6 Å². The maximum atomic E-state index is 11.6. The Bertz CT molecular complexity index is 254. The Kier molecular flexibility index (Phi) is 1.94. The molecule has 14 heavy (non-hydrogen) atoms. The minimum absolute atomic E-state index is 0.105. The highest BCUT2D eigenvalue weighted by Crippen LogP contribution is 2.53. The highest BCUT2D eigenvalue weighted by atomic mass is 16.3. The molecule has 3 heteroatoms. The number of aliphatic hydroxyl groups is 1. The van der Waals surface area contributed by atoms with Crippen molar-refractivity contribution in [1.29, 1.82) is 0 Å². The normalized spacial score (nSPS) is 27.4. The molecule has 1 heterocycles. The zero-order valence-electron chi connectivity index (χ0n) is 9.21. The molecule has 1 saturated heterocycles. The molecule has 1 aliphatic heterocycles. The first-order valence-corrected chi connectivity index (χ1v) is 5.35. The van der Waals surface area contributed by atoms with Crippen LogP contribution in [0.2, 0.25) is 0 Å². The number of carbonyl (C=O) groups is 1. The summed E-state index contributed by atoms with van der Waals surface area (Å²) in [6.45, 7) is 7.47. The second-order valence-electron chi connectivity index (χ2n) is 5.70. The first kappa shape index (κ1) is 9.97. The smallest absolute Gasteiger partial charge is 0.225 e. The van der Waals surface area contributed by atoms with Crippen molar-refractivity contribution < 1.29 is 9.90 Å². The molecule has 0 unspecified atom stereocenters. The van der Waals surface area contributed by atoms with Crippen LogP contribution in [-0.4, -0.2) is 34.6 Å². The van der Waals surface area contributed by atoms with Gasteiger partial charge in [0.1, 0.15) is 0 Å². The standard InChI is InChI=1S/C11H19NO2/c1-8(2)9(13)12-6-11(7-12)4-10(3,14)5-11/h8,14H,4-7H2,1-3H3. The Morgan fingerprint density at radius 2 is 1.86 bits per heavy atom. The fourth-order valence-corrected chi connectivity index (χ4v) is 3.07. The highest BCUT2D eigenvalue weighted by Gasteiger charge is 2.58. The molecule has 0 aromatic carbocycles. The molecule has 0 aromatic rings. The van der Waals surface area contributed by atoms with E-state index in [0.717, 1.165) is 25.9 Å². The Morgan fingerprint density at radius 3 is 2.21 bits per heavy atom. The molecule has 1 saturated carbocycles. The molecule has 0 atom stereocenters. The van der Waals surface area contributed by atoms with Crippen molar-refractivity contribution >= 4 is 5.91 Å². The predicted octanol–water partition coefficient (Wildman–Crippen LogP) is 1.02. The van der Waals surface area contributed by atoms with E-state index in [2.05, 4.69) is 0 Å². The number of hydrogen-bond acceptors (Lipinski definition) is 2. The van der Waals surface area contributed by atoms with Gasteiger partial charge < -0.3 is 10.0 Å². The second-order valence-corrected chi connectivity index (χ2v) is 5.70. The van der Waals surface area contributed by atoms with Gasteiger partial charge >= 0.3 is 0 Å². The van der Waals surface area contributed by atoms with Crippen molar-refractivity contribution in [1.82, 2.24) is 4.90 Å². The quantitative estimate of drug-likeness (QED) is 0.681. The topological polar surface area (TPSA) is 40.5 Å². The SMILES string of the molecule is CC(C)C(=O)N1CC2(C1)CC(C)(O)C2. The van der Waals surface area contributed by atoms with E-state index in [-0.39, 0.29) is 17.2 Å². The summed E-state index contributed by atoms with van der Waals surface area (Å²) in [6, 6.07) is 0. The lowest BCUT2D eigenvalue weighted by Gasteiger charge is -2.61. The van der Waals surface area contributed by atoms with Gasteiger partial charge in [0.2, 0.25) is 5.91 Å². The highest BCUT2D eigenvalue weighted by molar-refractivity contribution is 5.79. The third-order valence-electron chi connectivity index (χ3n) is 3.37. The molecule has 2 rings (SSSR count). The van der Waals surface area contributed by atoms with Gasteiger partial charge in [0.15, 0.2) is 0 Å². The lowest BCUT2D eigenvalue weighted by molar-refractivity contribution is -0.190. The van der Waals surface area contributed by atoms with E-state index < -0.39 is 5.60 Å². The molecule has 0 radical (unpaired) electrons. The summed E-state index contributed by atoms with van der Waals surface area (Å²) in [5.74, 6) is 0.357. The number of nitrogens with zero attached hydrogens (tertiary/aromatic N) is 1. The van der Waals surface area contributed by atoms with Crippen molar-refractivity contribution in [3.8, 4) is 0 Å². The van der Waals surface area contributed by atoms with Gasteiger partial charge in [-0.15, -0.1) is 0 Å². The molecule has 1 amide bonds. The fourth-order valence-electron chi connectivity index (χ4n) is 3.07. The largest absolute Gasteiger partial charge is 0.390 e. The van der Waals surface area contributed by atoms with Gasteiger partial charge in [-0.05, 0) is 19.8 Å². The average Bonchev–Trinajstić information content (AvgIpc) is 1.93. The molecule has 2 aliphatic rings. The van der Waals surface area contributed by atoms with Gasteiger partial charge in [-0.2, -0.15) is 0 Å². The van der Waals surface area contributed by atoms with Crippen molar-refractivity contribution in [3.63, 3.8) is 0 Å². The van der Waals surface area contributed by atoms with Gasteiger partial charge in [0.25, 0.3) is 0 Å². The molecule has 1 aliphatic carbocycles. The summed E-state index contributed by atoms with van der Waals surface area (Å²) >= 11 is 0. The lowest BCUT2D eigenvalue weighted by Crippen LogP contribution is -2.68. The summed E-state index contributed by atoms with van der Waals surface area (Å²) < 4.78 is 0. The average molecular weight is 197 g/mol. The Labute approximate surface area is 85.1 Å². The van der Waals surface area contributed by atoms with Gasteiger partial charge in [-0.25, -0.2) is 0 Å². The Morgan fingerprint density at radius 1 is 1.36 bits per heavy atom. The summed E-state index contributed by atoms with van der Waals surface area (Å²) in [4.78, 5) is 13.5. The maximum absolute atomic E-state index is 11.6. The Hall–Kier alpha value is -0.570. The van der Waals surface area contributed by atoms with Crippen LogP contribution < -0.4 is 0 Å². The number of hydrogen-bond donors (Lipinski definition) is 1. The van der Waals surface area contributed by atoms with Crippen LogP contribution in [0.5, 0.6) is 0 Å². The zero-order chi connectivity index (χ0) is 10.6. The van der Waals surface area contributed by atoms with E-state index in [9.17, 15) is 9.90 Å². The van der Waals surface area contributed by atoms with Crippen LogP contribution in [-0.2, 0) is 4.79 Å². The van der Waals surface area contributed by atoms with E-state index in [1.165, 1.54) is 0 Å². The van der Waals surface area contributed by atoms with Crippen LogP contribution in [0.15, 0.2) is 0 Å². The molecule has 1 spiro atoms. The summed E-state index contributed by atoms with van der Waals surface area (Å²) in [7, 11) is 0. The molecular formula is C11H19NO2. The van der Waals surface area contributed by atoms with Crippen molar-refractivity contribution in [2.75, 3.05) is 13.1 Å². The molecule has 80 valence electrons. The van der Waals surface area contributed by atoms with Crippen molar-refractivity contribution in [3.05, 3.63) is 0 Å². The number of amides is 1.